The molecule has 1 amide bonds. The fourth-order valence-electron chi connectivity index (χ4n) is 4.81. The van der Waals surface area contributed by atoms with Crippen LogP contribution in [0.15, 0.2) is 47.4 Å². The number of benzene rings is 2. The van der Waals surface area contributed by atoms with Crippen molar-refractivity contribution in [2.24, 2.45) is 0 Å². The lowest BCUT2D eigenvalue weighted by Crippen LogP contribution is -2.38. The van der Waals surface area contributed by atoms with Crippen molar-refractivity contribution in [2.75, 3.05) is 25.4 Å². The first-order valence-electron chi connectivity index (χ1n) is 11.5. The number of aromatic nitrogens is 1. The summed E-state index contributed by atoms with van der Waals surface area (Å²) in [6.45, 7) is 3.59. The van der Waals surface area contributed by atoms with Crippen LogP contribution in [0.25, 0.3) is 10.9 Å². The van der Waals surface area contributed by atoms with Gasteiger partial charge in [0, 0.05) is 47.2 Å². The Morgan fingerprint density at radius 2 is 1.94 bits per heavy atom. The number of pyridine rings is 1. The topological polar surface area (TPSA) is 45.2 Å². The van der Waals surface area contributed by atoms with Crippen LogP contribution in [-0.2, 0) is 30.6 Å². The van der Waals surface area contributed by atoms with E-state index in [2.05, 4.69) is 34.5 Å². The number of aryl methyl sites for hydroxylation is 1. The SMILES string of the molecule is O=C(CSc1c2c(nc3ccc(Cl)cc13)CCCC2)NCCN1CCc2ccccc2C1. The molecule has 1 aromatic heterocycles. The van der Waals surface area contributed by atoms with E-state index in [9.17, 15) is 4.79 Å². The molecule has 166 valence electrons. The first-order chi connectivity index (χ1) is 15.7. The molecule has 0 atom stereocenters. The number of hydrogen-bond acceptors (Lipinski definition) is 4. The number of fused-ring (bicyclic) bond motifs is 3. The molecule has 6 heteroatoms. The van der Waals surface area contributed by atoms with Crippen molar-refractivity contribution in [1.29, 1.82) is 0 Å². The fraction of sp³-hybridized carbons (Fsp3) is 0.385. The Bertz CT molecular complexity index is 1150. The van der Waals surface area contributed by atoms with Gasteiger partial charge in [-0.3, -0.25) is 14.7 Å². The Balaban J connectivity index is 1.20. The number of hydrogen-bond donors (Lipinski definition) is 1. The first-order valence-corrected chi connectivity index (χ1v) is 12.8. The van der Waals surface area contributed by atoms with E-state index < -0.39 is 0 Å². The quantitative estimate of drug-likeness (QED) is 0.518. The molecular weight excluding hydrogens is 438 g/mol. The smallest absolute Gasteiger partial charge is 0.230 e. The van der Waals surface area contributed by atoms with Crippen LogP contribution in [0.5, 0.6) is 0 Å². The monoisotopic (exact) mass is 465 g/mol. The molecule has 5 rings (SSSR count). The Hall–Kier alpha value is -2.08. The standard InChI is InChI=1S/C26H28ClN3OS/c27-20-9-10-24-22(15-20)26(21-7-3-4-8-23(21)29-24)32-17-25(31)28-12-14-30-13-11-18-5-1-2-6-19(18)16-30/h1-2,5-6,9-10,15H,3-4,7-8,11-14,16-17H2,(H,28,31). The van der Waals surface area contributed by atoms with Crippen LogP contribution in [0.1, 0.15) is 35.2 Å². The lowest BCUT2D eigenvalue weighted by atomic mass is 9.94. The summed E-state index contributed by atoms with van der Waals surface area (Å²) in [4.78, 5) is 21.1. The van der Waals surface area contributed by atoms with Crippen LogP contribution < -0.4 is 5.32 Å². The Morgan fingerprint density at radius 1 is 1.09 bits per heavy atom. The maximum atomic E-state index is 12.6. The van der Waals surface area contributed by atoms with Gasteiger partial charge in [0.05, 0.1) is 11.3 Å². The summed E-state index contributed by atoms with van der Waals surface area (Å²) in [6, 6.07) is 14.5. The zero-order valence-electron chi connectivity index (χ0n) is 18.2. The van der Waals surface area contributed by atoms with Gasteiger partial charge in [0.2, 0.25) is 5.91 Å². The highest BCUT2D eigenvalue weighted by Gasteiger charge is 2.20. The second kappa shape index (κ2) is 9.82. The minimum Gasteiger partial charge on any atom is -0.354 e. The summed E-state index contributed by atoms with van der Waals surface area (Å²) in [5, 5.41) is 4.91. The highest BCUT2D eigenvalue weighted by molar-refractivity contribution is 8.00. The third-order valence-corrected chi connectivity index (χ3v) is 7.88. The maximum absolute atomic E-state index is 12.6. The van der Waals surface area contributed by atoms with Crippen LogP contribution in [0.3, 0.4) is 0 Å². The van der Waals surface area contributed by atoms with E-state index in [1.54, 1.807) is 11.8 Å². The van der Waals surface area contributed by atoms with Gasteiger partial charge in [-0.2, -0.15) is 0 Å². The molecule has 0 saturated heterocycles. The van der Waals surface area contributed by atoms with Crippen molar-refractivity contribution >= 4 is 40.2 Å². The molecule has 1 aliphatic heterocycles. The van der Waals surface area contributed by atoms with Gasteiger partial charge in [0.15, 0.2) is 0 Å². The van der Waals surface area contributed by atoms with Crippen LogP contribution >= 0.6 is 23.4 Å². The van der Waals surface area contributed by atoms with Gasteiger partial charge < -0.3 is 5.32 Å². The molecule has 0 unspecified atom stereocenters. The molecule has 1 aliphatic carbocycles. The normalized spacial score (nSPS) is 15.9. The summed E-state index contributed by atoms with van der Waals surface area (Å²) in [6.07, 6.45) is 5.50. The van der Waals surface area contributed by atoms with E-state index in [4.69, 9.17) is 16.6 Å². The van der Waals surface area contributed by atoms with Gasteiger partial charge in [-0.1, -0.05) is 35.9 Å². The van der Waals surface area contributed by atoms with Crippen molar-refractivity contribution in [3.05, 3.63) is 69.9 Å². The molecule has 2 heterocycles. The summed E-state index contributed by atoms with van der Waals surface area (Å²) in [5.74, 6) is 0.505. The van der Waals surface area contributed by atoms with Gasteiger partial charge in [-0.15, -0.1) is 11.8 Å². The Kier molecular flexibility index (Phi) is 6.67. The molecule has 0 saturated carbocycles. The molecular formula is C26H28ClN3OS. The number of rotatable bonds is 6. The molecule has 0 bridgehead atoms. The summed E-state index contributed by atoms with van der Waals surface area (Å²) in [7, 11) is 0. The first kappa shape index (κ1) is 21.7. The second-order valence-electron chi connectivity index (χ2n) is 8.67. The van der Waals surface area contributed by atoms with E-state index in [-0.39, 0.29) is 5.91 Å². The zero-order chi connectivity index (χ0) is 21.9. The van der Waals surface area contributed by atoms with E-state index in [0.29, 0.717) is 17.3 Å². The minimum absolute atomic E-state index is 0.0870. The van der Waals surface area contributed by atoms with E-state index >= 15 is 0 Å². The van der Waals surface area contributed by atoms with Crippen LogP contribution in [0.2, 0.25) is 5.02 Å². The molecule has 4 nitrogen and oxygen atoms in total. The molecule has 2 aliphatic rings. The minimum atomic E-state index is 0.0870. The maximum Gasteiger partial charge on any atom is 0.230 e. The predicted molar refractivity (Wildman–Crippen MR) is 133 cm³/mol. The number of halogens is 1. The fourth-order valence-corrected chi connectivity index (χ4v) is 6.07. The number of nitrogens with zero attached hydrogens (tertiary/aromatic N) is 2. The van der Waals surface area contributed by atoms with Crippen molar-refractivity contribution in [3.63, 3.8) is 0 Å². The third kappa shape index (κ3) is 4.80. The predicted octanol–water partition coefficient (Wildman–Crippen LogP) is 5.03. The van der Waals surface area contributed by atoms with E-state index in [0.717, 1.165) is 49.8 Å². The zero-order valence-corrected chi connectivity index (χ0v) is 19.8. The Morgan fingerprint density at radius 3 is 2.84 bits per heavy atom. The van der Waals surface area contributed by atoms with Gasteiger partial charge in [-0.25, -0.2) is 0 Å². The number of carbonyl (C=O) groups excluding carboxylic acids is 1. The van der Waals surface area contributed by atoms with Crippen LogP contribution in [-0.4, -0.2) is 41.2 Å². The number of amides is 1. The van der Waals surface area contributed by atoms with Gasteiger partial charge in [0.1, 0.15) is 0 Å². The van der Waals surface area contributed by atoms with Crippen molar-refractivity contribution in [1.82, 2.24) is 15.2 Å². The van der Waals surface area contributed by atoms with Crippen molar-refractivity contribution in [3.8, 4) is 0 Å². The van der Waals surface area contributed by atoms with E-state index in [1.165, 1.54) is 40.1 Å². The lowest BCUT2D eigenvalue weighted by Gasteiger charge is -2.28. The molecule has 0 radical (unpaired) electrons. The molecule has 1 N–H and O–H groups in total. The summed E-state index contributed by atoms with van der Waals surface area (Å²) >= 11 is 7.92. The van der Waals surface area contributed by atoms with Crippen LogP contribution in [0, 0.1) is 0 Å². The van der Waals surface area contributed by atoms with Crippen molar-refractivity contribution < 1.29 is 4.79 Å². The van der Waals surface area contributed by atoms with Gasteiger partial charge in [0.25, 0.3) is 0 Å². The van der Waals surface area contributed by atoms with Crippen molar-refractivity contribution in [2.45, 2.75) is 43.5 Å². The lowest BCUT2D eigenvalue weighted by molar-refractivity contribution is -0.118. The molecule has 0 spiro atoms. The van der Waals surface area contributed by atoms with Gasteiger partial charge >= 0.3 is 0 Å². The van der Waals surface area contributed by atoms with Crippen LogP contribution in [0.4, 0.5) is 0 Å². The summed E-state index contributed by atoms with van der Waals surface area (Å²) in [5.41, 5.74) is 6.35. The van der Waals surface area contributed by atoms with E-state index in [1.807, 2.05) is 18.2 Å². The highest BCUT2D eigenvalue weighted by Crippen LogP contribution is 2.37. The Labute approximate surface area is 198 Å². The summed E-state index contributed by atoms with van der Waals surface area (Å²) < 4.78 is 0. The molecule has 0 fully saturated rings. The average molecular weight is 466 g/mol. The highest BCUT2D eigenvalue weighted by atomic mass is 35.5. The molecule has 3 aromatic rings. The molecule has 32 heavy (non-hydrogen) atoms. The number of thioether (sulfide) groups is 1. The number of nitrogens with one attached hydrogen (secondary N) is 1. The third-order valence-electron chi connectivity index (χ3n) is 6.48. The second-order valence-corrected chi connectivity index (χ2v) is 10.1. The largest absolute Gasteiger partial charge is 0.354 e. The van der Waals surface area contributed by atoms with Gasteiger partial charge in [-0.05, 0) is 67.0 Å². The number of carbonyl (C=O) groups is 1. The molecule has 2 aromatic carbocycles. The average Bonchev–Trinajstić information content (AvgIpc) is 2.82.